The average Bonchev–Trinajstić information content (AvgIpc) is 3.27. The lowest BCUT2D eigenvalue weighted by Crippen LogP contribution is -2.39. The second-order valence-electron chi connectivity index (χ2n) is 6.33. The summed E-state index contributed by atoms with van der Waals surface area (Å²) in [6.07, 6.45) is 1.99. The predicted octanol–water partition coefficient (Wildman–Crippen LogP) is 3.73. The highest BCUT2D eigenvalue weighted by Crippen LogP contribution is 2.33. The smallest absolute Gasteiger partial charge is 0.273 e. The zero-order chi connectivity index (χ0) is 18.1. The quantitative estimate of drug-likeness (QED) is 0.744. The molecule has 4 rings (SSSR count). The topological polar surface area (TPSA) is 75.2 Å². The largest absolute Gasteiger partial charge is 0.337 e. The van der Waals surface area contributed by atoms with Gasteiger partial charge in [0.1, 0.15) is 5.69 Å². The Kier molecular flexibility index (Phi) is 4.69. The van der Waals surface area contributed by atoms with Crippen LogP contribution in [0.3, 0.4) is 0 Å². The van der Waals surface area contributed by atoms with Gasteiger partial charge in [-0.2, -0.15) is 0 Å². The Hall–Kier alpha value is -2.32. The van der Waals surface area contributed by atoms with Gasteiger partial charge in [-0.25, -0.2) is 9.97 Å². The highest BCUT2D eigenvalue weighted by Gasteiger charge is 2.28. The highest BCUT2D eigenvalue weighted by molar-refractivity contribution is 7.18. The fraction of sp³-hybridized carbons (Fsp3) is 0.333. The van der Waals surface area contributed by atoms with E-state index in [9.17, 15) is 9.59 Å². The van der Waals surface area contributed by atoms with Crippen molar-refractivity contribution in [1.82, 2.24) is 14.9 Å². The van der Waals surface area contributed by atoms with Crippen LogP contribution in [0.4, 0.5) is 5.13 Å². The Morgan fingerprint density at radius 2 is 2.12 bits per heavy atom. The van der Waals surface area contributed by atoms with E-state index in [-0.39, 0.29) is 17.7 Å². The molecule has 0 radical (unpaired) electrons. The predicted molar refractivity (Wildman–Crippen MR) is 104 cm³/mol. The maximum Gasteiger partial charge on any atom is 0.273 e. The Balaban J connectivity index is 1.50. The minimum atomic E-state index is -0.188. The van der Waals surface area contributed by atoms with Gasteiger partial charge in [-0.3, -0.25) is 9.59 Å². The molecule has 3 heterocycles. The molecule has 1 aliphatic heterocycles. The van der Waals surface area contributed by atoms with Crippen LogP contribution in [-0.4, -0.2) is 39.8 Å². The van der Waals surface area contributed by atoms with Crippen LogP contribution in [0.25, 0.3) is 10.2 Å². The molecule has 0 saturated carbocycles. The molecule has 134 valence electrons. The Bertz CT molecular complexity index is 932. The van der Waals surface area contributed by atoms with Crippen LogP contribution in [0.2, 0.25) is 0 Å². The van der Waals surface area contributed by atoms with Gasteiger partial charge >= 0.3 is 0 Å². The van der Waals surface area contributed by atoms with E-state index < -0.39 is 0 Å². The van der Waals surface area contributed by atoms with Gasteiger partial charge in [-0.1, -0.05) is 12.1 Å². The molecule has 1 N–H and O–H groups in total. The second-order valence-corrected chi connectivity index (χ2v) is 8.25. The van der Waals surface area contributed by atoms with E-state index in [0.717, 1.165) is 29.9 Å². The van der Waals surface area contributed by atoms with Crippen molar-refractivity contribution in [2.45, 2.75) is 25.7 Å². The number of para-hydroxylation sites is 1. The SMILES string of the molecule is CC(=O)Nc1nc(C(=O)N2CCCC(c3nc4ccccc4s3)C2)cs1. The average molecular weight is 387 g/mol. The van der Waals surface area contributed by atoms with E-state index in [2.05, 4.69) is 16.4 Å². The molecule has 8 heteroatoms. The number of benzene rings is 1. The summed E-state index contributed by atoms with van der Waals surface area (Å²) in [5.74, 6) is -0.00515. The summed E-state index contributed by atoms with van der Waals surface area (Å²) < 4.78 is 1.19. The molecular weight excluding hydrogens is 368 g/mol. The molecule has 0 bridgehead atoms. The first-order valence-corrected chi connectivity index (χ1v) is 10.2. The summed E-state index contributed by atoms with van der Waals surface area (Å²) in [5, 5.41) is 5.88. The van der Waals surface area contributed by atoms with Gasteiger partial charge in [0.2, 0.25) is 5.91 Å². The van der Waals surface area contributed by atoms with Crippen LogP contribution in [0, 0.1) is 0 Å². The van der Waals surface area contributed by atoms with E-state index >= 15 is 0 Å². The van der Waals surface area contributed by atoms with Gasteiger partial charge in [0, 0.05) is 31.3 Å². The molecule has 1 saturated heterocycles. The molecule has 1 unspecified atom stereocenters. The fourth-order valence-corrected chi connectivity index (χ4v) is 4.99. The van der Waals surface area contributed by atoms with Crippen LogP contribution in [-0.2, 0) is 4.79 Å². The third-order valence-electron chi connectivity index (χ3n) is 4.37. The molecule has 3 aromatic rings. The first-order chi connectivity index (χ1) is 12.6. The molecule has 2 aromatic heterocycles. The standard InChI is InChI=1S/C18H18N4O2S2/c1-11(23)19-18-21-14(10-25-18)17(24)22-8-4-5-12(9-22)16-20-13-6-2-3-7-15(13)26-16/h2-3,6-7,10,12H,4-5,8-9H2,1H3,(H,19,21,23). The Labute approximate surface area is 158 Å². The number of anilines is 1. The number of piperidine rings is 1. The van der Waals surface area contributed by atoms with E-state index in [1.54, 1.807) is 16.7 Å². The third-order valence-corrected chi connectivity index (χ3v) is 6.33. The number of fused-ring (bicyclic) bond motifs is 1. The highest BCUT2D eigenvalue weighted by atomic mass is 32.1. The van der Waals surface area contributed by atoms with Crippen molar-refractivity contribution < 1.29 is 9.59 Å². The number of aromatic nitrogens is 2. The summed E-state index contributed by atoms with van der Waals surface area (Å²) in [6, 6.07) is 8.13. The first kappa shape index (κ1) is 17.1. The lowest BCUT2D eigenvalue weighted by atomic mass is 9.98. The maximum atomic E-state index is 12.8. The van der Waals surface area contributed by atoms with E-state index in [1.807, 2.05) is 23.1 Å². The van der Waals surface area contributed by atoms with Crippen molar-refractivity contribution in [3.63, 3.8) is 0 Å². The summed E-state index contributed by atoms with van der Waals surface area (Å²) in [6.45, 7) is 2.81. The number of hydrogen-bond acceptors (Lipinski definition) is 6. The number of rotatable bonds is 3. The van der Waals surface area contributed by atoms with Gasteiger partial charge in [0.15, 0.2) is 5.13 Å². The summed E-state index contributed by atoms with van der Waals surface area (Å²) in [7, 11) is 0. The molecule has 1 atom stereocenters. The lowest BCUT2D eigenvalue weighted by molar-refractivity contribution is -0.114. The summed E-state index contributed by atoms with van der Waals surface area (Å²) >= 11 is 2.98. The van der Waals surface area contributed by atoms with Crippen molar-refractivity contribution in [2.24, 2.45) is 0 Å². The van der Waals surface area contributed by atoms with Crippen molar-refractivity contribution in [1.29, 1.82) is 0 Å². The van der Waals surface area contributed by atoms with Crippen molar-refractivity contribution in [3.8, 4) is 0 Å². The van der Waals surface area contributed by atoms with E-state index in [1.165, 1.54) is 23.0 Å². The zero-order valence-electron chi connectivity index (χ0n) is 14.3. The Morgan fingerprint density at radius 3 is 2.92 bits per heavy atom. The maximum absolute atomic E-state index is 12.8. The van der Waals surface area contributed by atoms with Crippen molar-refractivity contribution >= 4 is 49.8 Å². The minimum Gasteiger partial charge on any atom is -0.337 e. The number of likely N-dealkylation sites (tertiary alicyclic amines) is 1. The van der Waals surface area contributed by atoms with Gasteiger partial charge in [-0.05, 0) is 25.0 Å². The molecule has 0 aliphatic carbocycles. The van der Waals surface area contributed by atoms with Gasteiger partial charge in [0.25, 0.3) is 5.91 Å². The molecular formula is C18H18N4O2S2. The van der Waals surface area contributed by atoms with Crippen molar-refractivity contribution in [2.75, 3.05) is 18.4 Å². The fourth-order valence-electron chi connectivity index (χ4n) is 3.17. The molecule has 1 aliphatic rings. The summed E-state index contributed by atoms with van der Waals surface area (Å²) in [5.41, 5.74) is 1.42. The van der Waals surface area contributed by atoms with Gasteiger partial charge < -0.3 is 10.2 Å². The normalized spacial score (nSPS) is 17.4. The van der Waals surface area contributed by atoms with Crippen LogP contribution in [0.15, 0.2) is 29.6 Å². The van der Waals surface area contributed by atoms with E-state index in [4.69, 9.17) is 4.98 Å². The first-order valence-electron chi connectivity index (χ1n) is 8.48. The second kappa shape index (κ2) is 7.13. The van der Waals surface area contributed by atoms with Gasteiger partial charge in [0.05, 0.1) is 15.2 Å². The zero-order valence-corrected chi connectivity index (χ0v) is 15.9. The van der Waals surface area contributed by atoms with Crippen LogP contribution < -0.4 is 5.32 Å². The number of thiazole rings is 2. The van der Waals surface area contributed by atoms with Crippen LogP contribution in [0.1, 0.15) is 41.2 Å². The number of hydrogen-bond donors (Lipinski definition) is 1. The number of carbonyl (C=O) groups is 2. The molecule has 2 amide bonds. The third kappa shape index (κ3) is 3.47. The molecule has 1 fully saturated rings. The number of carbonyl (C=O) groups excluding carboxylic acids is 2. The minimum absolute atomic E-state index is 0.0799. The molecule has 0 spiro atoms. The number of nitrogens with one attached hydrogen (secondary N) is 1. The van der Waals surface area contributed by atoms with Crippen LogP contribution >= 0.6 is 22.7 Å². The number of amides is 2. The summed E-state index contributed by atoms with van der Waals surface area (Å²) in [4.78, 5) is 34.8. The molecule has 26 heavy (non-hydrogen) atoms. The monoisotopic (exact) mass is 386 g/mol. The Morgan fingerprint density at radius 1 is 1.27 bits per heavy atom. The van der Waals surface area contributed by atoms with Crippen molar-refractivity contribution in [3.05, 3.63) is 40.3 Å². The lowest BCUT2D eigenvalue weighted by Gasteiger charge is -2.31. The molecule has 1 aromatic carbocycles. The van der Waals surface area contributed by atoms with Gasteiger partial charge in [-0.15, -0.1) is 22.7 Å². The molecule has 6 nitrogen and oxygen atoms in total. The van der Waals surface area contributed by atoms with Crippen LogP contribution in [0.5, 0.6) is 0 Å². The number of nitrogens with zero attached hydrogens (tertiary/aromatic N) is 3. The van der Waals surface area contributed by atoms with E-state index in [0.29, 0.717) is 17.4 Å².